The fourth-order valence-corrected chi connectivity index (χ4v) is 2.28. The Kier molecular flexibility index (Phi) is 5.16. The molecular formula is C17H20N2O4. The maximum absolute atomic E-state index is 12.4. The summed E-state index contributed by atoms with van der Waals surface area (Å²) >= 11 is 0. The molecule has 0 saturated carbocycles. The molecule has 2 rings (SSSR count). The van der Waals surface area contributed by atoms with Gasteiger partial charge in [0.25, 0.3) is 0 Å². The van der Waals surface area contributed by atoms with Crippen molar-refractivity contribution in [3.63, 3.8) is 0 Å². The second kappa shape index (κ2) is 7.09. The number of nitrogens with zero attached hydrogens (tertiary/aromatic N) is 1. The number of carbonyl (C=O) groups excluding carboxylic acids is 2. The first-order valence-electron chi connectivity index (χ1n) is 7.46. The van der Waals surface area contributed by atoms with Crippen LogP contribution in [-0.2, 0) is 16.0 Å². The molecule has 0 spiro atoms. The van der Waals surface area contributed by atoms with Gasteiger partial charge >= 0.3 is 5.97 Å². The van der Waals surface area contributed by atoms with Gasteiger partial charge in [-0.3, -0.25) is 4.79 Å². The molecule has 0 bridgehead atoms. The largest absolute Gasteiger partial charge is 0.454 e. The highest BCUT2D eigenvalue weighted by Gasteiger charge is 2.23. The molecule has 1 amide bonds. The minimum atomic E-state index is -0.463. The number of ether oxygens (including phenoxy) is 1. The fraction of sp³-hybridized carbons (Fsp3) is 0.353. The van der Waals surface area contributed by atoms with E-state index < -0.39 is 12.1 Å². The van der Waals surface area contributed by atoms with Crippen LogP contribution in [0.25, 0.3) is 0 Å². The number of carbonyl (C=O) groups is 2. The second-order valence-electron chi connectivity index (χ2n) is 5.27. The third-order valence-electron chi connectivity index (χ3n) is 3.43. The lowest BCUT2D eigenvalue weighted by atomic mass is 10.1. The van der Waals surface area contributed by atoms with E-state index in [1.54, 1.807) is 32.0 Å². The van der Waals surface area contributed by atoms with Gasteiger partial charge in [-0.05, 0) is 38.0 Å². The smallest absolute Gasteiger partial charge is 0.344 e. The Morgan fingerprint density at radius 1 is 1.39 bits per heavy atom. The number of rotatable bonds is 5. The van der Waals surface area contributed by atoms with Crippen molar-refractivity contribution in [2.24, 2.45) is 0 Å². The molecule has 0 aliphatic rings. The lowest BCUT2D eigenvalue weighted by Gasteiger charge is -2.15. The SMILES string of the molecule is CCc1noc(C)c1C(=O)O[C@@H](C)c1cccc(NC(C)=O)c1. The number of aromatic nitrogens is 1. The zero-order valence-corrected chi connectivity index (χ0v) is 13.7. The molecule has 1 aromatic heterocycles. The average molecular weight is 316 g/mol. The van der Waals surface area contributed by atoms with Crippen molar-refractivity contribution in [3.8, 4) is 0 Å². The highest BCUT2D eigenvalue weighted by atomic mass is 16.5. The van der Waals surface area contributed by atoms with Gasteiger partial charge in [-0.15, -0.1) is 0 Å². The molecule has 1 atom stereocenters. The van der Waals surface area contributed by atoms with Crippen LogP contribution in [0.1, 0.15) is 54.3 Å². The summed E-state index contributed by atoms with van der Waals surface area (Å²) in [6.45, 7) is 6.80. The van der Waals surface area contributed by atoms with Gasteiger partial charge in [-0.25, -0.2) is 4.79 Å². The summed E-state index contributed by atoms with van der Waals surface area (Å²) in [6, 6.07) is 7.19. The Bertz CT molecular complexity index is 721. The Hall–Kier alpha value is -2.63. The summed E-state index contributed by atoms with van der Waals surface area (Å²) < 4.78 is 10.6. The monoisotopic (exact) mass is 316 g/mol. The summed E-state index contributed by atoms with van der Waals surface area (Å²) in [5, 5.41) is 6.56. The molecule has 0 saturated heterocycles. The molecule has 23 heavy (non-hydrogen) atoms. The van der Waals surface area contributed by atoms with Gasteiger partial charge in [0.05, 0.1) is 5.69 Å². The number of esters is 1. The topological polar surface area (TPSA) is 81.4 Å². The van der Waals surface area contributed by atoms with E-state index in [-0.39, 0.29) is 5.91 Å². The molecule has 122 valence electrons. The first-order chi connectivity index (χ1) is 10.9. The van der Waals surface area contributed by atoms with E-state index in [1.165, 1.54) is 6.92 Å². The van der Waals surface area contributed by atoms with E-state index in [1.807, 2.05) is 13.0 Å². The molecule has 2 aromatic rings. The van der Waals surface area contributed by atoms with Crippen LogP contribution in [0.15, 0.2) is 28.8 Å². The maximum atomic E-state index is 12.4. The highest BCUT2D eigenvalue weighted by molar-refractivity contribution is 5.92. The first-order valence-corrected chi connectivity index (χ1v) is 7.46. The molecular weight excluding hydrogens is 296 g/mol. The molecule has 1 aromatic carbocycles. The summed E-state index contributed by atoms with van der Waals surface area (Å²) in [5.74, 6) is -0.163. The van der Waals surface area contributed by atoms with Crippen molar-refractivity contribution in [1.29, 1.82) is 0 Å². The van der Waals surface area contributed by atoms with Gasteiger partial charge in [0.2, 0.25) is 5.91 Å². The molecule has 0 unspecified atom stereocenters. The zero-order valence-electron chi connectivity index (χ0n) is 13.7. The molecule has 0 aliphatic heterocycles. The number of aryl methyl sites for hydroxylation is 2. The minimum Gasteiger partial charge on any atom is -0.454 e. The van der Waals surface area contributed by atoms with Crippen molar-refractivity contribution >= 4 is 17.6 Å². The normalized spacial score (nSPS) is 11.8. The summed E-state index contributed by atoms with van der Waals surface area (Å²) in [5.41, 5.74) is 2.43. The van der Waals surface area contributed by atoms with Crippen LogP contribution >= 0.6 is 0 Å². The van der Waals surface area contributed by atoms with Crippen molar-refractivity contribution in [3.05, 3.63) is 46.8 Å². The van der Waals surface area contributed by atoms with Crippen LogP contribution in [0.3, 0.4) is 0 Å². The molecule has 1 heterocycles. The summed E-state index contributed by atoms with van der Waals surface area (Å²) in [7, 11) is 0. The van der Waals surface area contributed by atoms with Gasteiger partial charge in [0.15, 0.2) is 0 Å². The summed E-state index contributed by atoms with van der Waals surface area (Å²) in [6.07, 6.45) is 0.129. The molecule has 0 fully saturated rings. The van der Waals surface area contributed by atoms with Crippen LogP contribution in [0.4, 0.5) is 5.69 Å². The molecule has 0 radical (unpaired) electrons. The van der Waals surface area contributed by atoms with Gasteiger partial charge < -0.3 is 14.6 Å². The fourth-order valence-electron chi connectivity index (χ4n) is 2.28. The second-order valence-corrected chi connectivity index (χ2v) is 5.27. The van der Waals surface area contributed by atoms with Crippen LogP contribution in [0.2, 0.25) is 0 Å². The van der Waals surface area contributed by atoms with Crippen molar-refractivity contribution in [2.75, 3.05) is 5.32 Å². The molecule has 6 nitrogen and oxygen atoms in total. The predicted octanol–water partition coefficient (Wildman–Crippen LogP) is 3.42. The average Bonchev–Trinajstić information content (AvgIpc) is 2.87. The Labute approximate surface area is 134 Å². The van der Waals surface area contributed by atoms with E-state index in [2.05, 4.69) is 10.5 Å². The van der Waals surface area contributed by atoms with Gasteiger partial charge in [0.1, 0.15) is 17.4 Å². The van der Waals surface area contributed by atoms with Gasteiger partial charge in [-0.1, -0.05) is 24.2 Å². The molecule has 1 N–H and O–H groups in total. The number of anilines is 1. The maximum Gasteiger partial charge on any atom is 0.344 e. The van der Waals surface area contributed by atoms with Crippen LogP contribution in [0.5, 0.6) is 0 Å². The standard InChI is InChI=1S/C17H20N2O4/c1-5-15-16(11(3)23-19-15)17(21)22-10(2)13-7-6-8-14(9-13)18-12(4)20/h6-10H,5H2,1-4H3,(H,18,20)/t10-/m0/s1. The van der Waals surface area contributed by atoms with Crippen LogP contribution in [0, 0.1) is 6.92 Å². The summed E-state index contributed by atoms with van der Waals surface area (Å²) in [4.78, 5) is 23.5. The van der Waals surface area contributed by atoms with E-state index in [0.29, 0.717) is 29.1 Å². The van der Waals surface area contributed by atoms with Gasteiger partial charge in [-0.2, -0.15) is 0 Å². The van der Waals surface area contributed by atoms with E-state index in [0.717, 1.165) is 5.56 Å². The highest BCUT2D eigenvalue weighted by Crippen LogP contribution is 2.24. The Balaban J connectivity index is 2.15. The number of hydrogen-bond donors (Lipinski definition) is 1. The lowest BCUT2D eigenvalue weighted by Crippen LogP contribution is -2.12. The number of nitrogens with one attached hydrogen (secondary N) is 1. The Morgan fingerprint density at radius 2 is 2.13 bits per heavy atom. The molecule has 6 heteroatoms. The zero-order chi connectivity index (χ0) is 17.0. The number of amides is 1. The van der Waals surface area contributed by atoms with Crippen LogP contribution in [-0.4, -0.2) is 17.0 Å². The third kappa shape index (κ3) is 3.97. The predicted molar refractivity (Wildman–Crippen MR) is 85.2 cm³/mol. The third-order valence-corrected chi connectivity index (χ3v) is 3.43. The van der Waals surface area contributed by atoms with E-state index >= 15 is 0 Å². The van der Waals surface area contributed by atoms with E-state index in [4.69, 9.17) is 9.26 Å². The Morgan fingerprint density at radius 3 is 2.78 bits per heavy atom. The number of benzene rings is 1. The van der Waals surface area contributed by atoms with Crippen molar-refractivity contribution in [1.82, 2.24) is 5.16 Å². The van der Waals surface area contributed by atoms with Crippen LogP contribution < -0.4 is 5.32 Å². The van der Waals surface area contributed by atoms with Crippen molar-refractivity contribution < 1.29 is 18.8 Å². The molecule has 0 aliphatic carbocycles. The van der Waals surface area contributed by atoms with Crippen molar-refractivity contribution in [2.45, 2.75) is 40.2 Å². The lowest BCUT2D eigenvalue weighted by molar-refractivity contribution is -0.114. The minimum absolute atomic E-state index is 0.153. The first kappa shape index (κ1) is 16.7. The quantitative estimate of drug-likeness (QED) is 0.855. The van der Waals surface area contributed by atoms with E-state index in [9.17, 15) is 9.59 Å². The number of hydrogen-bond acceptors (Lipinski definition) is 5. The van der Waals surface area contributed by atoms with Gasteiger partial charge in [0, 0.05) is 12.6 Å².